The molecular weight excluding hydrogens is 422 g/mol. The van der Waals surface area contributed by atoms with Gasteiger partial charge in [-0.05, 0) is 30.2 Å². The molecule has 0 spiro atoms. The van der Waals surface area contributed by atoms with Crippen LogP contribution in [0, 0.1) is 0 Å². The van der Waals surface area contributed by atoms with E-state index in [1.165, 1.54) is 25.3 Å². The Labute approximate surface area is 183 Å². The number of amides is 2. The number of primary amides is 1. The minimum atomic E-state index is -0.582. The second kappa shape index (κ2) is 9.82. The van der Waals surface area contributed by atoms with Crippen molar-refractivity contribution in [2.45, 2.75) is 6.42 Å². The number of hydrogen-bond donors (Lipinski definition) is 3. The fourth-order valence-electron chi connectivity index (χ4n) is 2.85. The number of rotatable bonds is 8. The van der Waals surface area contributed by atoms with E-state index in [4.69, 9.17) is 26.8 Å². The highest BCUT2D eigenvalue weighted by Crippen LogP contribution is 2.32. The van der Waals surface area contributed by atoms with Crippen LogP contribution in [0.3, 0.4) is 0 Å². The lowest BCUT2D eigenvalue weighted by atomic mass is 10.1. The lowest BCUT2D eigenvalue weighted by molar-refractivity contribution is -0.382. The molecule has 3 rings (SSSR count). The Balaban J connectivity index is 1.61. The summed E-state index contributed by atoms with van der Waals surface area (Å²) >= 11 is 6.05. The van der Waals surface area contributed by atoms with Crippen molar-refractivity contribution in [2.75, 3.05) is 13.7 Å². The van der Waals surface area contributed by atoms with Crippen LogP contribution < -0.4 is 25.5 Å². The van der Waals surface area contributed by atoms with Crippen LogP contribution in [-0.4, -0.2) is 30.6 Å². The fourth-order valence-corrected chi connectivity index (χ4v) is 3.09. The minimum Gasteiger partial charge on any atom is -0.504 e. The smallest absolute Gasteiger partial charge is 0.313 e. The second-order valence-corrected chi connectivity index (χ2v) is 6.97. The zero-order valence-corrected chi connectivity index (χ0v) is 17.4. The SMILES string of the molecule is COc1cc(C(=O)NCCc2cccc(Oc3cc[nH+]c(C(N)=O)c3)c2)c(Cl)cc1O. The van der Waals surface area contributed by atoms with Gasteiger partial charge in [0.1, 0.15) is 11.5 Å². The highest BCUT2D eigenvalue weighted by atomic mass is 35.5. The van der Waals surface area contributed by atoms with E-state index in [1.54, 1.807) is 18.3 Å². The number of nitrogens with two attached hydrogens (primary N) is 1. The average Bonchev–Trinajstić information content (AvgIpc) is 2.74. The summed E-state index contributed by atoms with van der Waals surface area (Å²) in [7, 11) is 1.39. The molecule has 1 aromatic heterocycles. The number of nitrogens with one attached hydrogen (secondary N) is 2. The molecule has 160 valence electrons. The van der Waals surface area contributed by atoms with E-state index >= 15 is 0 Å². The molecule has 0 aliphatic rings. The van der Waals surface area contributed by atoms with Crippen molar-refractivity contribution < 1.29 is 29.2 Å². The van der Waals surface area contributed by atoms with Crippen LogP contribution in [0.25, 0.3) is 0 Å². The highest BCUT2D eigenvalue weighted by Gasteiger charge is 2.15. The molecular formula is C22H21ClN3O5+. The lowest BCUT2D eigenvalue weighted by Gasteiger charge is -2.10. The maximum Gasteiger partial charge on any atom is 0.313 e. The number of halogens is 1. The van der Waals surface area contributed by atoms with E-state index in [0.717, 1.165) is 5.56 Å². The van der Waals surface area contributed by atoms with Gasteiger partial charge in [-0.1, -0.05) is 23.7 Å². The van der Waals surface area contributed by atoms with Crippen LogP contribution in [0.15, 0.2) is 54.7 Å². The molecule has 0 saturated heterocycles. The highest BCUT2D eigenvalue weighted by molar-refractivity contribution is 6.34. The van der Waals surface area contributed by atoms with Crippen molar-refractivity contribution in [3.05, 3.63) is 76.6 Å². The third-order valence-corrected chi connectivity index (χ3v) is 4.70. The maximum atomic E-state index is 12.4. The summed E-state index contributed by atoms with van der Waals surface area (Å²) in [4.78, 5) is 26.5. The number of aromatic hydroxyl groups is 1. The fraction of sp³-hybridized carbons (Fsp3) is 0.136. The molecule has 3 aromatic rings. The van der Waals surface area contributed by atoms with Crippen LogP contribution in [-0.2, 0) is 6.42 Å². The zero-order chi connectivity index (χ0) is 22.4. The minimum absolute atomic E-state index is 0.127. The topological polar surface area (TPSA) is 125 Å². The number of hydrogen-bond acceptors (Lipinski definition) is 5. The van der Waals surface area contributed by atoms with E-state index < -0.39 is 5.91 Å². The number of methoxy groups -OCH3 is 1. The van der Waals surface area contributed by atoms with Gasteiger partial charge in [0.25, 0.3) is 11.6 Å². The number of carbonyl (C=O) groups excluding carboxylic acids is 2. The largest absolute Gasteiger partial charge is 0.504 e. The summed E-state index contributed by atoms with van der Waals surface area (Å²) in [6.45, 7) is 0.355. The molecule has 5 N–H and O–H groups in total. The van der Waals surface area contributed by atoms with Crippen LogP contribution in [0.5, 0.6) is 23.0 Å². The Bertz CT molecular complexity index is 1120. The van der Waals surface area contributed by atoms with Gasteiger partial charge in [-0.25, -0.2) is 4.98 Å². The Morgan fingerprint density at radius 1 is 1.16 bits per heavy atom. The molecule has 2 amide bonds. The van der Waals surface area contributed by atoms with Crippen LogP contribution in [0.4, 0.5) is 0 Å². The summed E-state index contributed by atoms with van der Waals surface area (Å²) in [5.41, 5.74) is 6.65. The Morgan fingerprint density at radius 3 is 2.68 bits per heavy atom. The van der Waals surface area contributed by atoms with Crippen molar-refractivity contribution in [3.63, 3.8) is 0 Å². The van der Waals surface area contributed by atoms with Crippen LogP contribution in [0.2, 0.25) is 5.02 Å². The number of phenolic OH excluding ortho intramolecular Hbond substituents is 1. The standard InChI is InChI=1S/C22H20ClN3O5/c1-30-20-11-16(17(23)12-19(20)27)22(29)26-7-5-13-3-2-4-14(9-13)31-15-6-8-25-18(10-15)21(24)28/h2-4,6,8-12,27H,5,7H2,1H3,(H2,24,28)(H,26,29)/p+1. The van der Waals surface area contributed by atoms with Crippen LogP contribution in [0.1, 0.15) is 26.4 Å². The van der Waals surface area contributed by atoms with E-state index in [2.05, 4.69) is 10.3 Å². The van der Waals surface area contributed by atoms with Gasteiger partial charge in [-0.3, -0.25) is 9.59 Å². The molecule has 0 aliphatic heterocycles. The van der Waals surface area contributed by atoms with Gasteiger partial charge in [0.2, 0.25) is 0 Å². The lowest BCUT2D eigenvalue weighted by Crippen LogP contribution is -2.26. The summed E-state index contributed by atoms with van der Waals surface area (Å²) in [6, 6.07) is 13.2. The van der Waals surface area contributed by atoms with E-state index in [1.807, 2.05) is 18.2 Å². The number of phenols is 1. The van der Waals surface area contributed by atoms with Gasteiger partial charge < -0.3 is 25.6 Å². The van der Waals surface area contributed by atoms with Crippen molar-refractivity contribution in [2.24, 2.45) is 5.73 Å². The van der Waals surface area contributed by atoms with Crippen molar-refractivity contribution in [1.29, 1.82) is 0 Å². The second-order valence-electron chi connectivity index (χ2n) is 6.56. The van der Waals surface area contributed by atoms with Gasteiger partial charge in [-0.15, -0.1) is 0 Å². The predicted octanol–water partition coefficient (Wildman–Crippen LogP) is 2.73. The predicted molar refractivity (Wildman–Crippen MR) is 114 cm³/mol. The summed E-state index contributed by atoms with van der Waals surface area (Å²) in [5, 5.41) is 12.6. The van der Waals surface area contributed by atoms with Crippen molar-refractivity contribution in [1.82, 2.24) is 5.32 Å². The number of pyridine rings is 1. The molecule has 0 fully saturated rings. The summed E-state index contributed by atoms with van der Waals surface area (Å²) < 4.78 is 10.8. The number of aromatic amines is 1. The van der Waals surface area contributed by atoms with Gasteiger partial charge in [-0.2, -0.15) is 0 Å². The van der Waals surface area contributed by atoms with Gasteiger partial charge in [0.05, 0.1) is 23.8 Å². The number of carbonyl (C=O) groups is 2. The molecule has 0 unspecified atom stereocenters. The van der Waals surface area contributed by atoms with E-state index in [9.17, 15) is 14.7 Å². The number of H-pyrrole nitrogens is 1. The molecule has 1 heterocycles. The van der Waals surface area contributed by atoms with Gasteiger partial charge >= 0.3 is 5.91 Å². The Hall–Kier alpha value is -3.78. The maximum absolute atomic E-state index is 12.4. The normalized spacial score (nSPS) is 10.4. The van der Waals surface area contributed by atoms with Crippen molar-refractivity contribution >= 4 is 23.4 Å². The Morgan fingerprint density at radius 2 is 1.94 bits per heavy atom. The number of ether oxygens (including phenoxy) is 2. The summed E-state index contributed by atoms with van der Waals surface area (Å²) in [5.74, 6) is 0.111. The number of aromatic nitrogens is 1. The molecule has 31 heavy (non-hydrogen) atoms. The molecule has 0 aliphatic carbocycles. The first kappa shape index (κ1) is 21.9. The van der Waals surface area contributed by atoms with Gasteiger partial charge in [0, 0.05) is 18.7 Å². The van der Waals surface area contributed by atoms with Crippen molar-refractivity contribution in [3.8, 4) is 23.0 Å². The third-order valence-electron chi connectivity index (χ3n) is 4.39. The molecule has 0 saturated carbocycles. The first-order chi connectivity index (χ1) is 14.9. The average molecular weight is 443 g/mol. The van der Waals surface area contributed by atoms with Crippen LogP contribution >= 0.6 is 11.6 Å². The molecule has 8 nitrogen and oxygen atoms in total. The van der Waals surface area contributed by atoms with Gasteiger partial charge in [0.15, 0.2) is 17.7 Å². The monoisotopic (exact) mass is 442 g/mol. The molecule has 0 bridgehead atoms. The zero-order valence-electron chi connectivity index (χ0n) is 16.6. The summed E-state index contributed by atoms with van der Waals surface area (Å²) in [6.07, 6.45) is 2.11. The third kappa shape index (κ3) is 5.64. The van der Waals surface area contributed by atoms with E-state index in [0.29, 0.717) is 24.5 Å². The van der Waals surface area contributed by atoms with E-state index in [-0.39, 0.29) is 33.7 Å². The Kier molecular flexibility index (Phi) is 6.94. The molecule has 9 heteroatoms. The number of benzene rings is 2. The first-order valence-corrected chi connectivity index (χ1v) is 9.68. The first-order valence-electron chi connectivity index (χ1n) is 9.30. The quantitative estimate of drug-likeness (QED) is 0.494. The molecule has 2 aromatic carbocycles. The molecule has 0 radical (unpaired) electrons. The molecule has 0 atom stereocenters.